The van der Waals surface area contributed by atoms with E-state index in [0.717, 1.165) is 51.3 Å². The fraction of sp³-hybridized carbons (Fsp3) is 0.619. The maximum absolute atomic E-state index is 12.6. The van der Waals surface area contributed by atoms with Gasteiger partial charge in [0.15, 0.2) is 0 Å². The summed E-state index contributed by atoms with van der Waals surface area (Å²) in [5.74, 6) is 1.10. The standard InChI is InChI=1S/C20H30N2O4.CH2O2/c1-24-18-6-3-17(4-7-18)5-8-20(23)22-10-2-9-21(11-12-22)15-19-16-25-13-14-26-19;2-1-3/h3-4,6-7,19H,2,5,8-16H2,1H3;1H,(H,2,3). The summed E-state index contributed by atoms with van der Waals surface area (Å²) in [5, 5.41) is 6.89. The van der Waals surface area contributed by atoms with Crippen molar-refractivity contribution in [3.63, 3.8) is 0 Å². The van der Waals surface area contributed by atoms with Crippen molar-refractivity contribution < 1.29 is 28.9 Å². The summed E-state index contributed by atoms with van der Waals surface area (Å²) in [6.07, 6.45) is 2.52. The minimum Gasteiger partial charge on any atom is -0.497 e. The maximum Gasteiger partial charge on any atom is 0.290 e. The van der Waals surface area contributed by atoms with Crippen molar-refractivity contribution in [2.45, 2.75) is 25.4 Å². The van der Waals surface area contributed by atoms with Gasteiger partial charge < -0.3 is 24.2 Å². The third-order valence-corrected chi connectivity index (χ3v) is 5.07. The Morgan fingerprint density at radius 3 is 2.62 bits per heavy atom. The molecule has 2 aliphatic rings. The van der Waals surface area contributed by atoms with Crippen LogP contribution in [-0.4, -0.2) is 93.0 Å². The largest absolute Gasteiger partial charge is 0.497 e. The molecule has 2 fully saturated rings. The van der Waals surface area contributed by atoms with Crippen LogP contribution in [-0.2, 0) is 25.5 Å². The third kappa shape index (κ3) is 8.39. The van der Waals surface area contributed by atoms with Crippen molar-refractivity contribution >= 4 is 12.4 Å². The molecule has 8 heteroatoms. The molecule has 0 bridgehead atoms. The van der Waals surface area contributed by atoms with Crippen LogP contribution in [0.5, 0.6) is 5.75 Å². The van der Waals surface area contributed by atoms with Gasteiger partial charge >= 0.3 is 0 Å². The summed E-state index contributed by atoms with van der Waals surface area (Å²) in [4.78, 5) is 25.4. The Morgan fingerprint density at radius 1 is 1.21 bits per heavy atom. The highest BCUT2D eigenvalue weighted by Crippen LogP contribution is 2.14. The fourth-order valence-corrected chi connectivity index (χ4v) is 3.53. The molecule has 0 aromatic heterocycles. The van der Waals surface area contributed by atoms with Crippen LogP contribution in [0.3, 0.4) is 0 Å². The van der Waals surface area contributed by atoms with Crippen molar-refractivity contribution in [3.05, 3.63) is 29.8 Å². The van der Waals surface area contributed by atoms with Crippen molar-refractivity contribution in [2.75, 3.05) is 59.7 Å². The molecule has 3 rings (SSSR count). The number of aryl methyl sites for hydroxylation is 1. The number of ether oxygens (including phenoxy) is 3. The molecule has 2 heterocycles. The second kappa shape index (κ2) is 13.1. The average molecular weight is 408 g/mol. The zero-order valence-electron chi connectivity index (χ0n) is 17.1. The zero-order valence-corrected chi connectivity index (χ0v) is 17.1. The van der Waals surface area contributed by atoms with Gasteiger partial charge in [-0.15, -0.1) is 0 Å². The first-order valence-corrected chi connectivity index (χ1v) is 10.1. The van der Waals surface area contributed by atoms with Gasteiger partial charge in [0.1, 0.15) is 5.75 Å². The molecule has 1 aromatic carbocycles. The van der Waals surface area contributed by atoms with E-state index in [2.05, 4.69) is 4.90 Å². The van der Waals surface area contributed by atoms with Gasteiger partial charge in [-0.2, -0.15) is 0 Å². The van der Waals surface area contributed by atoms with Crippen molar-refractivity contribution in [1.29, 1.82) is 0 Å². The number of carbonyl (C=O) groups is 2. The van der Waals surface area contributed by atoms with E-state index in [-0.39, 0.29) is 18.5 Å². The minimum atomic E-state index is -0.250. The Hall–Kier alpha value is -2.16. The Labute approximate surface area is 172 Å². The van der Waals surface area contributed by atoms with Gasteiger partial charge in [-0.3, -0.25) is 14.5 Å². The molecule has 0 radical (unpaired) electrons. The fourth-order valence-electron chi connectivity index (χ4n) is 3.53. The van der Waals surface area contributed by atoms with Crippen LogP contribution in [0.4, 0.5) is 0 Å². The number of nitrogens with zero attached hydrogens (tertiary/aromatic N) is 2. The molecule has 0 aliphatic carbocycles. The van der Waals surface area contributed by atoms with E-state index >= 15 is 0 Å². The highest BCUT2D eigenvalue weighted by atomic mass is 16.6. The Balaban J connectivity index is 0.000000941. The van der Waals surface area contributed by atoms with Crippen LogP contribution in [0.1, 0.15) is 18.4 Å². The van der Waals surface area contributed by atoms with E-state index in [1.54, 1.807) is 7.11 Å². The zero-order chi connectivity index (χ0) is 20.9. The molecule has 162 valence electrons. The lowest BCUT2D eigenvalue weighted by molar-refractivity contribution is -0.131. The number of hydrogen-bond donors (Lipinski definition) is 1. The van der Waals surface area contributed by atoms with Gasteiger partial charge in [-0.25, -0.2) is 0 Å². The normalized spacial score (nSPS) is 20.2. The second-order valence-corrected chi connectivity index (χ2v) is 7.06. The van der Waals surface area contributed by atoms with Gasteiger partial charge in [0.05, 0.1) is 33.0 Å². The molecule has 1 unspecified atom stereocenters. The summed E-state index contributed by atoms with van der Waals surface area (Å²) >= 11 is 0. The molecule has 29 heavy (non-hydrogen) atoms. The highest BCUT2D eigenvalue weighted by molar-refractivity contribution is 5.76. The number of benzene rings is 1. The monoisotopic (exact) mass is 408 g/mol. The summed E-state index contributed by atoms with van der Waals surface area (Å²) in [7, 11) is 1.66. The van der Waals surface area contributed by atoms with E-state index in [9.17, 15) is 4.79 Å². The molecular weight excluding hydrogens is 376 g/mol. The number of rotatable bonds is 6. The molecule has 2 saturated heterocycles. The van der Waals surface area contributed by atoms with E-state index in [1.807, 2.05) is 29.2 Å². The SMILES string of the molecule is COc1ccc(CCC(=O)N2CCCN(CC3COCCO3)CC2)cc1.O=CO. The first kappa shape index (κ1) is 23.1. The van der Waals surface area contributed by atoms with E-state index in [0.29, 0.717) is 26.2 Å². The number of carbonyl (C=O) groups excluding carboxylic acids is 1. The average Bonchev–Trinajstić information content (AvgIpc) is 2.99. The predicted octanol–water partition coefficient (Wildman–Crippen LogP) is 1.28. The van der Waals surface area contributed by atoms with Gasteiger partial charge in [0.25, 0.3) is 6.47 Å². The lowest BCUT2D eigenvalue weighted by Crippen LogP contribution is -2.42. The van der Waals surface area contributed by atoms with E-state index < -0.39 is 0 Å². The molecule has 8 nitrogen and oxygen atoms in total. The van der Waals surface area contributed by atoms with Crippen LogP contribution in [0.15, 0.2) is 24.3 Å². The topological polar surface area (TPSA) is 88.5 Å². The number of hydrogen-bond acceptors (Lipinski definition) is 6. The molecular formula is C21H32N2O6. The number of carboxylic acid groups (broad SMARTS) is 1. The summed E-state index contributed by atoms with van der Waals surface area (Å²) in [6, 6.07) is 7.95. The van der Waals surface area contributed by atoms with Crippen LogP contribution >= 0.6 is 0 Å². The molecule has 0 spiro atoms. The minimum absolute atomic E-state index is 0.168. The lowest BCUT2D eigenvalue weighted by atomic mass is 10.1. The summed E-state index contributed by atoms with van der Waals surface area (Å²) in [5.41, 5.74) is 1.17. The third-order valence-electron chi connectivity index (χ3n) is 5.07. The lowest BCUT2D eigenvalue weighted by Gasteiger charge is -2.29. The second-order valence-electron chi connectivity index (χ2n) is 7.06. The first-order valence-electron chi connectivity index (χ1n) is 10.1. The van der Waals surface area contributed by atoms with Gasteiger partial charge in [0, 0.05) is 32.6 Å². The first-order chi connectivity index (χ1) is 14.2. The summed E-state index contributed by atoms with van der Waals surface area (Å²) < 4.78 is 16.4. The van der Waals surface area contributed by atoms with E-state index in [4.69, 9.17) is 24.1 Å². The summed E-state index contributed by atoms with van der Waals surface area (Å²) in [6.45, 7) is 6.29. The van der Waals surface area contributed by atoms with Crippen LogP contribution < -0.4 is 4.74 Å². The van der Waals surface area contributed by atoms with Gasteiger partial charge in [-0.05, 0) is 37.1 Å². The molecule has 0 saturated carbocycles. The van der Waals surface area contributed by atoms with Crippen LogP contribution in [0, 0.1) is 0 Å². The van der Waals surface area contributed by atoms with Crippen molar-refractivity contribution in [3.8, 4) is 5.75 Å². The number of amides is 1. The highest BCUT2D eigenvalue weighted by Gasteiger charge is 2.22. The number of methoxy groups -OCH3 is 1. The predicted molar refractivity (Wildman–Crippen MR) is 108 cm³/mol. The molecule has 1 atom stereocenters. The maximum atomic E-state index is 12.6. The van der Waals surface area contributed by atoms with Gasteiger partial charge in [0.2, 0.25) is 5.91 Å². The quantitative estimate of drug-likeness (QED) is 0.710. The molecule has 1 amide bonds. The Bertz CT molecular complexity index is 604. The Kier molecular flexibility index (Phi) is 10.5. The van der Waals surface area contributed by atoms with Crippen LogP contribution in [0.25, 0.3) is 0 Å². The van der Waals surface area contributed by atoms with Crippen LogP contribution in [0.2, 0.25) is 0 Å². The van der Waals surface area contributed by atoms with Crippen molar-refractivity contribution in [1.82, 2.24) is 9.80 Å². The van der Waals surface area contributed by atoms with E-state index in [1.165, 1.54) is 5.56 Å². The van der Waals surface area contributed by atoms with Crippen molar-refractivity contribution in [2.24, 2.45) is 0 Å². The molecule has 1 N–H and O–H groups in total. The smallest absolute Gasteiger partial charge is 0.290 e. The van der Waals surface area contributed by atoms with Gasteiger partial charge in [-0.1, -0.05) is 12.1 Å². The Morgan fingerprint density at radius 2 is 1.97 bits per heavy atom. The molecule has 1 aromatic rings. The molecule has 2 aliphatic heterocycles.